The van der Waals surface area contributed by atoms with E-state index in [1.54, 1.807) is 7.11 Å². The molecule has 4 aromatic rings. The van der Waals surface area contributed by atoms with E-state index in [1.165, 1.54) is 28.7 Å². The van der Waals surface area contributed by atoms with Crippen LogP contribution in [0.3, 0.4) is 0 Å². The molecule has 0 spiro atoms. The van der Waals surface area contributed by atoms with Gasteiger partial charge in [0.05, 0.1) is 26.4 Å². The molecule has 3 unspecified atom stereocenters. The van der Waals surface area contributed by atoms with E-state index in [0.29, 0.717) is 24.2 Å². The Hall–Kier alpha value is -4.04. The summed E-state index contributed by atoms with van der Waals surface area (Å²) in [5.41, 5.74) is 4.37. The van der Waals surface area contributed by atoms with Gasteiger partial charge in [-0.2, -0.15) is 0 Å². The predicted octanol–water partition coefficient (Wildman–Crippen LogP) is 7.74. The summed E-state index contributed by atoms with van der Waals surface area (Å²) < 4.78 is 32.8. The summed E-state index contributed by atoms with van der Waals surface area (Å²) >= 11 is 0. The lowest BCUT2D eigenvalue weighted by Crippen LogP contribution is -2.25. The molecule has 1 N–H and O–H groups in total. The summed E-state index contributed by atoms with van der Waals surface area (Å²) in [7, 11) is 1.67. The molecule has 0 radical (unpaired) electrons. The van der Waals surface area contributed by atoms with Gasteiger partial charge < -0.3 is 33.5 Å². The average molecular weight is 655 g/mol. The first-order chi connectivity index (χ1) is 23.1. The Morgan fingerprint density at radius 3 is 1.21 bits per heavy atom. The SMILES string of the molecule is CCC1CO1.COc1ccc(C(C)(C)c2ccc(OCC(O)COc3ccc(C(C)(C)c4ccc(OCC5CO5)cc4)cc3)cc2)cc1. The highest BCUT2D eigenvalue weighted by atomic mass is 16.6. The van der Waals surface area contributed by atoms with Crippen molar-refractivity contribution in [3.63, 3.8) is 0 Å². The summed E-state index contributed by atoms with van der Waals surface area (Å²) in [5, 5.41) is 10.5. The predicted molar refractivity (Wildman–Crippen MR) is 189 cm³/mol. The number of hydrogen-bond donors (Lipinski definition) is 1. The molecule has 4 aromatic carbocycles. The van der Waals surface area contributed by atoms with Crippen LogP contribution in [0.15, 0.2) is 97.1 Å². The highest BCUT2D eigenvalue weighted by molar-refractivity contribution is 5.43. The van der Waals surface area contributed by atoms with Crippen molar-refractivity contribution < 1.29 is 33.5 Å². The maximum Gasteiger partial charge on any atom is 0.122 e. The van der Waals surface area contributed by atoms with Gasteiger partial charge in [0.25, 0.3) is 0 Å². The average Bonchev–Trinajstić information content (AvgIpc) is 4.05. The fourth-order valence-electron chi connectivity index (χ4n) is 5.33. The third-order valence-electron chi connectivity index (χ3n) is 9.12. The molecule has 0 saturated carbocycles. The number of ether oxygens (including phenoxy) is 6. The van der Waals surface area contributed by atoms with E-state index in [2.05, 4.69) is 83.1 Å². The molecular weight excluding hydrogens is 604 g/mol. The highest BCUT2D eigenvalue weighted by Gasteiger charge is 2.26. The second-order valence-electron chi connectivity index (χ2n) is 13.5. The minimum atomic E-state index is -0.765. The van der Waals surface area contributed by atoms with Crippen LogP contribution in [0.25, 0.3) is 0 Å². The third-order valence-corrected chi connectivity index (χ3v) is 9.12. The van der Waals surface area contributed by atoms with Crippen molar-refractivity contribution >= 4 is 0 Å². The molecule has 0 aromatic heterocycles. The van der Waals surface area contributed by atoms with Crippen LogP contribution >= 0.6 is 0 Å². The number of methoxy groups -OCH3 is 1. The van der Waals surface area contributed by atoms with Crippen LogP contribution in [-0.2, 0) is 20.3 Å². The minimum absolute atomic E-state index is 0.138. The second kappa shape index (κ2) is 15.9. The van der Waals surface area contributed by atoms with Crippen LogP contribution in [0.5, 0.6) is 23.0 Å². The Morgan fingerprint density at radius 2 is 0.917 bits per heavy atom. The first kappa shape index (κ1) is 35.3. The van der Waals surface area contributed by atoms with Gasteiger partial charge in [0.15, 0.2) is 0 Å². The van der Waals surface area contributed by atoms with Crippen molar-refractivity contribution in [2.24, 2.45) is 0 Å². The smallest absolute Gasteiger partial charge is 0.122 e. The molecule has 256 valence electrons. The maximum absolute atomic E-state index is 10.5. The Kier molecular flexibility index (Phi) is 11.7. The molecule has 3 atom stereocenters. The monoisotopic (exact) mass is 654 g/mol. The van der Waals surface area contributed by atoms with E-state index in [4.69, 9.17) is 28.4 Å². The molecule has 2 saturated heterocycles. The highest BCUT2D eigenvalue weighted by Crippen LogP contribution is 2.35. The molecular formula is C41H50O7. The zero-order valence-corrected chi connectivity index (χ0v) is 29.1. The molecule has 2 aliphatic rings. The normalized spacial score (nSPS) is 17.4. The van der Waals surface area contributed by atoms with Crippen LogP contribution in [0.2, 0.25) is 0 Å². The summed E-state index contributed by atoms with van der Waals surface area (Å²) in [6.45, 7) is 13.6. The van der Waals surface area contributed by atoms with Gasteiger partial charge in [-0.05, 0) is 77.2 Å². The van der Waals surface area contributed by atoms with E-state index in [0.717, 1.165) is 24.7 Å². The lowest BCUT2D eigenvalue weighted by atomic mass is 9.78. The molecule has 6 rings (SSSR count). The van der Waals surface area contributed by atoms with Crippen LogP contribution in [0.4, 0.5) is 0 Å². The molecule has 0 bridgehead atoms. The van der Waals surface area contributed by atoms with E-state index in [-0.39, 0.29) is 30.1 Å². The van der Waals surface area contributed by atoms with E-state index < -0.39 is 6.10 Å². The number of epoxide rings is 2. The van der Waals surface area contributed by atoms with Crippen LogP contribution < -0.4 is 18.9 Å². The fourth-order valence-corrected chi connectivity index (χ4v) is 5.33. The Balaban J connectivity index is 0.000000825. The molecule has 0 amide bonds. The molecule has 2 aliphatic heterocycles. The van der Waals surface area contributed by atoms with Crippen molar-refractivity contribution in [1.29, 1.82) is 0 Å². The molecule has 7 heteroatoms. The number of aliphatic hydroxyl groups is 1. The van der Waals surface area contributed by atoms with Crippen molar-refractivity contribution in [3.8, 4) is 23.0 Å². The Morgan fingerprint density at radius 1 is 0.583 bits per heavy atom. The van der Waals surface area contributed by atoms with Gasteiger partial charge in [-0.1, -0.05) is 83.1 Å². The van der Waals surface area contributed by atoms with Gasteiger partial charge in [-0.15, -0.1) is 0 Å². The van der Waals surface area contributed by atoms with E-state index >= 15 is 0 Å². The van der Waals surface area contributed by atoms with Gasteiger partial charge in [0, 0.05) is 10.8 Å². The molecule has 7 nitrogen and oxygen atoms in total. The summed E-state index contributed by atoms with van der Waals surface area (Å²) in [4.78, 5) is 0. The van der Waals surface area contributed by atoms with Gasteiger partial charge in [-0.3, -0.25) is 0 Å². The number of benzene rings is 4. The van der Waals surface area contributed by atoms with Crippen molar-refractivity contribution in [1.82, 2.24) is 0 Å². The quantitative estimate of drug-likeness (QED) is 0.131. The third kappa shape index (κ3) is 9.75. The molecule has 2 fully saturated rings. The summed E-state index contributed by atoms with van der Waals surface area (Å²) in [6.07, 6.45) is 1.31. The largest absolute Gasteiger partial charge is 0.497 e. The van der Waals surface area contributed by atoms with Gasteiger partial charge in [-0.25, -0.2) is 0 Å². The van der Waals surface area contributed by atoms with E-state index in [9.17, 15) is 5.11 Å². The van der Waals surface area contributed by atoms with Crippen LogP contribution in [0.1, 0.15) is 63.3 Å². The minimum Gasteiger partial charge on any atom is -0.497 e. The van der Waals surface area contributed by atoms with Gasteiger partial charge in [0.1, 0.15) is 55.0 Å². The second-order valence-corrected chi connectivity index (χ2v) is 13.5. The first-order valence-electron chi connectivity index (χ1n) is 16.8. The van der Waals surface area contributed by atoms with Gasteiger partial charge in [0.2, 0.25) is 0 Å². The van der Waals surface area contributed by atoms with E-state index in [1.807, 2.05) is 48.5 Å². The maximum atomic E-state index is 10.5. The van der Waals surface area contributed by atoms with Crippen molar-refractivity contribution in [3.05, 3.63) is 119 Å². The number of aliphatic hydroxyl groups excluding tert-OH is 1. The van der Waals surface area contributed by atoms with Crippen molar-refractivity contribution in [2.45, 2.75) is 70.2 Å². The van der Waals surface area contributed by atoms with Crippen LogP contribution in [-0.4, -0.2) is 63.6 Å². The molecule has 2 heterocycles. The summed E-state index contributed by atoms with van der Waals surface area (Å²) in [5.74, 6) is 3.11. The zero-order chi connectivity index (χ0) is 34.1. The van der Waals surface area contributed by atoms with Crippen molar-refractivity contribution in [2.75, 3.05) is 40.1 Å². The lowest BCUT2D eigenvalue weighted by Gasteiger charge is -2.26. The van der Waals surface area contributed by atoms with Gasteiger partial charge >= 0.3 is 0 Å². The molecule has 48 heavy (non-hydrogen) atoms. The summed E-state index contributed by atoms with van der Waals surface area (Å²) in [6, 6.07) is 32.4. The zero-order valence-electron chi connectivity index (χ0n) is 29.1. The number of rotatable bonds is 15. The Labute approximate surface area is 285 Å². The molecule has 0 aliphatic carbocycles. The first-order valence-corrected chi connectivity index (χ1v) is 16.8. The lowest BCUT2D eigenvalue weighted by molar-refractivity contribution is 0.0626. The fraction of sp³-hybridized carbons (Fsp3) is 0.415. The Bertz CT molecular complexity index is 1540. The standard InChI is InChI=1S/C37H42O6.C4H8O/c1-36(2,26-6-14-31(39-5)15-7-26)27-8-16-32(17-9-27)40-22-30(38)23-41-33-18-10-28(11-19-33)37(3,4)29-12-20-34(21-13-29)42-24-35-25-43-35;1-2-4-3-5-4/h6-21,30,35,38H,22-25H2,1-5H3;4H,2-3H2,1H3. The number of hydrogen-bond acceptors (Lipinski definition) is 7. The topological polar surface area (TPSA) is 82.2 Å². The van der Waals surface area contributed by atoms with Crippen LogP contribution in [0, 0.1) is 0 Å².